The zero-order valence-corrected chi connectivity index (χ0v) is 10.9. The van der Waals surface area contributed by atoms with Crippen LogP contribution in [0.5, 0.6) is 0 Å². The van der Waals surface area contributed by atoms with Gasteiger partial charge in [0.2, 0.25) is 0 Å². The van der Waals surface area contributed by atoms with Gasteiger partial charge in [-0.3, -0.25) is 4.79 Å². The van der Waals surface area contributed by atoms with E-state index in [4.69, 9.17) is 10.5 Å². The minimum Gasteiger partial charge on any atom is -0.459 e. The summed E-state index contributed by atoms with van der Waals surface area (Å²) >= 11 is 0. The highest BCUT2D eigenvalue weighted by atomic mass is 32.2. The van der Waals surface area contributed by atoms with Gasteiger partial charge in [0.1, 0.15) is 5.60 Å². The van der Waals surface area contributed by atoms with Gasteiger partial charge in [0.05, 0.1) is 10.7 Å². The van der Waals surface area contributed by atoms with Gasteiger partial charge in [0, 0.05) is 12.8 Å². The van der Waals surface area contributed by atoms with Crippen LogP contribution in [0.4, 0.5) is 0 Å². The number of carbonyl (C=O) groups is 1. The van der Waals surface area contributed by atoms with Gasteiger partial charge in [-0.2, -0.15) is 0 Å². The van der Waals surface area contributed by atoms with Crippen molar-refractivity contribution < 1.29 is 17.9 Å². The van der Waals surface area contributed by atoms with E-state index in [1.54, 1.807) is 20.8 Å². The molecule has 1 saturated carbocycles. The van der Waals surface area contributed by atoms with Crippen molar-refractivity contribution in [2.75, 3.05) is 12.8 Å². The maximum absolute atomic E-state index is 11.9. The lowest BCUT2D eigenvalue weighted by Gasteiger charge is -2.23. The molecule has 1 aliphatic carbocycles. The molecule has 6 heteroatoms. The first kappa shape index (κ1) is 13.4. The van der Waals surface area contributed by atoms with Crippen LogP contribution in [0.2, 0.25) is 0 Å². The average Bonchev–Trinajstić information content (AvgIpc) is 2.74. The molecule has 2 N–H and O–H groups in total. The number of hydrogen-bond donors (Lipinski definition) is 1. The van der Waals surface area contributed by atoms with Gasteiger partial charge in [-0.05, 0) is 27.2 Å². The molecule has 0 spiro atoms. The Balaban J connectivity index is 2.84. The molecule has 0 heterocycles. The smallest absolute Gasteiger partial charge is 0.315 e. The molecule has 1 rings (SSSR count). The van der Waals surface area contributed by atoms with Gasteiger partial charge in [-0.1, -0.05) is 0 Å². The first-order chi connectivity index (χ1) is 7.03. The van der Waals surface area contributed by atoms with E-state index in [0.29, 0.717) is 0 Å². The highest BCUT2D eigenvalue weighted by Crippen LogP contribution is 2.51. The molecule has 2 atom stereocenters. The maximum atomic E-state index is 11.9. The number of sulfone groups is 1. The monoisotopic (exact) mass is 249 g/mol. The second-order valence-electron chi connectivity index (χ2n) is 5.38. The maximum Gasteiger partial charge on any atom is 0.315 e. The quantitative estimate of drug-likeness (QED) is 0.716. The molecular weight excluding hydrogens is 230 g/mol. The van der Waals surface area contributed by atoms with E-state index in [9.17, 15) is 13.2 Å². The van der Waals surface area contributed by atoms with Gasteiger partial charge in [0.25, 0.3) is 0 Å². The molecule has 0 aromatic heterocycles. The van der Waals surface area contributed by atoms with E-state index in [-0.39, 0.29) is 13.0 Å². The third-order valence-corrected chi connectivity index (χ3v) is 4.34. The van der Waals surface area contributed by atoms with Gasteiger partial charge in [0.15, 0.2) is 9.84 Å². The summed E-state index contributed by atoms with van der Waals surface area (Å²) in [4.78, 5) is 11.9. The Morgan fingerprint density at radius 3 is 2.25 bits per heavy atom. The third-order valence-electron chi connectivity index (χ3n) is 2.69. The van der Waals surface area contributed by atoms with E-state index < -0.39 is 32.1 Å². The minimum atomic E-state index is -3.23. The lowest BCUT2D eigenvalue weighted by Crippen LogP contribution is -2.37. The van der Waals surface area contributed by atoms with Crippen LogP contribution in [-0.2, 0) is 19.4 Å². The molecule has 0 aromatic rings. The summed E-state index contributed by atoms with van der Waals surface area (Å²) in [5.41, 5.74) is 3.88. The van der Waals surface area contributed by atoms with Gasteiger partial charge < -0.3 is 10.5 Å². The molecule has 0 aromatic carbocycles. The fourth-order valence-electron chi connectivity index (χ4n) is 1.73. The molecule has 0 aliphatic heterocycles. The van der Waals surface area contributed by atoms with Crippen molar-refractivity contribution in [2.45, 2.75) is 38.0 Å². The fraction of sp³-hybridized carbons (Fsp3) is 0.900. The van der Waals surface area contributed by atoms with E-state index in [1.165, 1.54) is 0 Å². The van der Waals surface area contributed by atoms with Gasteiger partial charge in [-0.15, -0.1) is 0 Å². The number of esters is 1. The number of ether oxygens (including phenoxy) is 1. The van der Waals surface area contributed by atoms with Crippen LogP contribution in [0.25, 0.3) is 0 Å². The Kier molecular flexibility index (Phi) is 3.11. The summed E-state index contributed by atoms with van der Waals surface area (Å²) in [6.45, 7) is 5.24. The fourth-order valence-corrected chi connectivity index (χ4v) is 3.34. The zero-order valence-electron chi connectivity index (χ0n) is 10.1. The summed E-state index contributed by atoms with van der Waals surface area (Å²) in [7, 11) is -3.23. The first-order valence-corrected chi connectivity index (χ1v) is 7.11. The van der Waals surface area contributed by atoms with E-state index >= 15 is 0 Å². The summed E-state index contributed by atoms with van der Waals surface area (Å²) in [6.07, 6.45) is 1.40. The Hall–Kier alpha value is -0.620. The second-order valence-corrected chi connectivity index (χ2v) is 7.61. The Labute approximate surface area is 96.3 Å². The lowest BCUT2D eigenvalue weighted by atomic mass is 10.1. The molecule has 0 unspecified atom stereocenters. The van der Waals surface area contributed by atoms with Crippen molar-refractivity contribution >= 4 is 15.8 Å². The van der Waals surface area contributed by atoms with Crippen LogP contribution in [0.1, 0.15) is 27.2 Å². The molecular formula is C10H19NO4S. The topological polar surface area (TPSA) is 86.5 Å². The van der Waals surface area contributed by atoms with Crippen molar-refractivity contribution in [3.8, 4) is 0 Å². The van der Waals surface area contributed by atoms with Crippen molar-refractivity contribution in [3.63, 3.8) is 0 Å². The third kappa shape index (κ3) is 2.55. The number of rotatable bonds is 3. The van der Waals surface area contributed by atoms with Crippen molar-refractivity contribution in [1.29, 1.82) is 0 Å². The highest BCUT2D eigenvalue weighted by Gasteiger charge is 2.65. The second kappa shape index (κ2) is 3.70. The normalized spacial score (nSPS) is 29.9. The molecule has 94 valence electrons. The summed E-state index contributed by atoms with van der Waals surface area (Å²) < 4.78 is 27.9. The Bertz CT molecular complexity index is 396. The number of nitrogens with two attached hydrogens (primary N) is 1. The molecule has 1 fully saturated rings. The van der Waals surface area contributed by atoms with Crippen LogP contribution in [-0.4, -0.2) is 38.0 Å². The van der Waals surface area contributed by atoms with Crippen molar-refractivity contribution in [2.24, 2.45) is 11.1 Å². The molecule has 5 nitrogen and oxygen atoms in total. The number of carbonyl (C=O) groups excluding carboxylic acids is 1. The van der Waals surface area contributed by atoms with E-state index in [1.807, 2.05) is 0 Å². The highest BCUT2D eigenvalue weighted by molar-refractivity contribution is 7.91. The summed E-state index contributed by atoms with van der Waals surface area (Å²) in [6, 6.07) is 0. The van der Waals surface area contributed by atoms with Crippen molar-refractivity contribution in [3.05, 3.63) is 0 Å². The molecule has 0 bridgehead atoms. The van der Waals surface area contributed by atoms with E-state index in [0.717, 1.165) is 6.26 Å². The molecule has 0 saturated heterocycles. The van der Waals surface area contributed by atoms with Gasteiger partial charge >= 0.3 is 5.97 Å². The summed E-state index contributed by atoms with van der Waals surface area (Å²) in [5.74, 6) is -0.502. The first-order valence-electron chi connectivity index (χ1n) is 5.15. The standard InChI is InChI=1S/C10H19NO4S/c1-9(2,3)15-8(12)10(6-11)5-7(10)16(4,13)14/h7H,5-6,11H2,1-4H3/t7-,10+/m0/s1. The van der Waals surface area contributed by atoms with E-state index in [2.05, 4.69) is 0 Å². The molecule has 0 radical (unpaired) electrons. The Morgan fingerprint density at radius 1 is 1.50 bits per heavy atom. The number of hydrogen-bond acceptors (Lipinski definition) is 5. The predicted molar refractivity (Wildman–Crippen MR) is 60.6 cm³/mol. The van der Waals surface area contributed by atoms with Gasteiger partial charge in [-0.25, -0.2) is 8.42 Å². The largest absolute Gasteiger partial charge is 0.459 e. The predicted octanol–water partition coefficient (Wildman–Crippen LogP) is 0.0901. The summed E-state index contributed by atoms with van der Waals surface area (Å²) in [5, 5.41) is -0.681. The zero-order chi connectivity index (χ0) is 12.8. The lowest BCUT2D eigenvalue weighted by molar-refractivity contribution is -0.161. The molecule has 0 amide bonds. The molecule has 1 aliphatic rings. The van der Waals surface area contributed by atoms with Crippen molar-refractivity contribution in [1.82, 2.24) is 0 Å². The van der Waals surface area contributed by atoms with Crippen LogP contribution in [0, 0.1) is 5.41 Å². The minimum absolute atomic E-state index is 0.0135. The van der Waals surface area contributed by atoms with Crippen LogP contribution in [0.15, 0.2) is 0 Å². The molecule has 16 heavy (non-hydrogen) atoms. The Morgan fingerprint density at radius 2 is 2.00 bits per heavy atom. The SMILES string of the molecule is CC(C)(C)OC(=O)[C@@]1(CN)C[C@@H]1S(C)(=O)=O. The van der Waals surface area contributed by atoms with Crippen LogP contribution in [0.3, 0.4) is 0 Å². The average molecular weight is 249 g/mol. The van der Waals surface area contributed by atoms with Crippen LogP contribution < -0.4 is 5.73 Å². The van der Waals surface area contributed by atoms with Crippen LogP contribution >= 0.6 is 0 Å².